The molecular weight excluding hydrogens is 324 g/mol. The fraction of sp³-hybridized carbons (Fsp3) is 0.333. The number of hydrogen-bond acceptors (Lipinski definition) is 0. The zero-order valence-corrected chi connectivity index (χ0v) is 17.6. The van der Waals surface area contributed by atoms with Crippen LogP contribution in [0.1, 0.15) is 79.8 Å². The summed E-state index contributed by atoms with van der Waals surface area (Å²) in [4.78, 5) is 0. The van der Waals surface area contributed by atoms with E-state index in [0.717, 1.165) is 0 Å². The minimum absolute atomic E-state index is 0.0877. The maximum atomic E-state index is 2.40. The van der Waals surface area contributed by atoms with Crippen molar-refractivity contribution in [1.82, 2.24) is 0 Å². The highest BCUT2D eigenvalue weighted by Crippen LogP contribution is 2.41. The van der Waals surface area contributed by atoms with E-state index < -0.39 is 0 Å². The monoisotopic (exact) mass is 356 g/mol. The van der Waals surface area contributed by atoms with E-state index in [1.165, 1.54) is 33.4 Å². The lowest BCUT2D eigenvalue weighted by Gasteiger charge is -2.32. The Bertz CT molecular complexity index is 816. The van der Waals surface area contributed by atoms with Crippen molar-refractivity contribution in [3.8, 4) is 0 Å². The van der Waals surface area contributed by atoms with Crippen LogP contribution < -0.4 is 0 Å². The Balaban J connectivity index is 2.21. The van der Waals surface area contributed by atoms with Gasteiger partial charge in [0.1, 0.15) is 0 Å². The Labute approximate surface area is 165 Å². The van der Waals surface area contributed by atoms with E-state index in [-0.39, 0.29) is 5.41 Å². The van der Waals surface area contributed by atoms with Gasteiger partial charge >= 0.3 is 0 Å². The standard InChI is InChI=1S/C27H32/c1-19-17-24(20(2)22-13-9-7-10-14-22)26(27(4,5)6)25(18-19)21(3)23-15-11-8-12-16-23/h7-18,20-21H,1-6H3/t20-,21-/m1/s1. The predicted molar refractivity (Wildman–Crippen MR) is 118 cm³/mol. The van der Waals surface area contributed by atoms with Gasteiger partial charge in [0.15, 0.2) is 0 Å². The van der Waals surface area contributed by atoms with E-state index in [2.05, 4.69) is 114 Å². The van der Waals surface area contributed by atoms with Gasteiger partial charge in [0.25, 0.3) is 0 Å². The molecule has 0 unspecified atom stereocenters. The SMILES string of the molecule is Cc1cc([C@H](C)c2ccccc2)c(C(C)(C)C)c([C@H](C)c2ccccc2)c1. The molecule has 0 nitrogen and oxygen atoms in total. The molecule has 0 amide bonds. The fourth-order valence-electron chi connectivity index (χ4n) is 4.23. The van der Waals surface area contributed by atoms with Crippen LogP contribution in [0.15, 0.2) is 72.8 Å². The summed E-state index contributed by atoms with van der Waals surface area (Å²) >= 11 is 0. The zero-order chi connectivity index (χ0) is 19.6. The second kappa shape index (κ2) is 7.72. The Morgan fingerprint density at radius 1 is 0.630 bits per heavy atom. The first-order valence-electron chi connectivity index (χ1n) is 10.0. The summed E-state index contributed by atoms with van der Waals surface area (Å²) in [5.74, 6) is 0.754. The van der Waals surface area contributed by atoms with E-state index in [4.69, 9.17) is 0 Å². The third-order valence-corrected chi connectivity index (χ3v) is 5.63. The number of hydrogen-bond donors (Lipinski definition) is 0. The average molecular weight is 357 g/mol. The highest BCUT2D eigenvalue weighted by atomic mass is 14.3. The number of rotatable bonds is 4. The molecule has 140 valence electrons. The largest absolute Gasteiger partial charge is 0.0622 e. The molecule has 0 saturated carbocycles. The molecule has 0 aliphatic heterocycles. The van der Waals surface area contributed by atoms with E-state index >= 15 is 0 Å². The van der Waals surface area contributed by atoms with Crippen molar-refractivity contribution < 1.29 is 0 Å². The van der Waals surface area contributed by atoms with E-state index in [0.29, 0.717) is 11.8 Å². The van der Waals surface area contributed by atoms with Gasteiger partial charge in [-0.3, -0.25) is 0 Å². The molecule has 2 atom stereocenters. The molecule has 0 N–H and O–H groups in total. The van der Waals surface area contributed by atoms with Crippen LogP contribution in [-0.2, 0) is 5.41 Å². The molecule has 0 fully saturated rings. The Kier molecular flexibility index (Phi) is 5.56. The zero-order valence-electron chi connectivity index (χ0n) is 17.6. The van der Waals surface area contributed by atoms with Crippen molar-refractivity contribution in [2.24, 2.45) is 0 Å². The summed E-state index contributed by atoms with van der Waals surface area (Å²) in [6.07, 6.45) is 0. The summed E-state index contributed by atoms with van der Waals surface area (Å²) in [6.45, 7) is 14.0. The quantitative estimate of drug-likeness (QED) is 0.451. The Hall–Kier alpha value is -2.34. The van der Waals surface area contributed by atoms with Gasteiger partial charge in [-0.15, -0.1) is 0 Å². The molecule has 0 heteroatoms. The maximum Gasteiger partial charge on any atom is 0.00641 e. The van der Waals surface area contributed by atoms with E-state index in [9.17, 15) is 0 Å². The van der Waals surface area contributed by atoms with E-state index in [1.54, 1.807) is 0 Å². The summed E-state index contributed by atoms with van der Waals surface area (Å²) < 4.78 is 0. The Morgan fingerprint density at radius 3 is 1.33 bits per heavy atom. The molecule has 3 aromatic carbocycles. The number of aryl methyl sites for hydroxylation is 1. The minimum atomic E-state index is 0.0877. The molecule has 0 radical (unpaired) electrons. The predicted octanol–water partition coefficient (Wildman–Crippen LogP) is 7.60. The summed E-state index contributed by atoms with van der Waals surface area (Å²) in [6, 6.07) is 26.6. The lowest BCUT2D eigenvalue weighted by molar-refractivity contribution is 0.568. The van der Waals surface area contributed by atoms with Crippen LogP contribution >= 0.6 is 0 Å². The van der Waals surface area contributed by atoms with Gasteiger partial charge in [0.2, 0.25) is 0 Å². The fourth-order valence-corrected chi connectivity index (χ4v) is 4.23. The third kappa shape index (κ3) is 4.16. The molecule has 27 heavy (non-hydrogen) atoms. The van der Waals surface area contributed by atoms with Crippen molar-refractivity contribution >= 4 is 0 Å². The van der Waals surface area contributed by atoms with Crippen molar-refractivity contribution in [3.05, 3.63) is 106 Å². The van der Waals surface area contributed by atoms with Crippen molar-refractivity contribution in [3.63, 3.8) is 0 Å². The second-order valence-electron chi connectivity index (χ2n) is 8.83. The van der Waals surface area contributed by atoms with Gasteiger partial charge in [0.05, 0.1) is 0 Å². The molecule has 0 heterocycles. The Morgan fingerprint density at radius 2 is 1.00 bits per heavy atom. The normalized spacial score (nSPS) is 14.0. The summed E-state index contributed by atoms with van der Waals surface area (Å²) in [5.41, 5.74) is 8.63. The number of benzene rings is 3. The second-order valence-corrected chi connectivity index (χ2v) is 8.83. The molecule has 0 aliphatic carbocycles. The smallest absolute Gasteiger partial charge is 0.00641 e. The average Bonchev–Trinajstić information content (AvgIpc) is 2.66. The topological polar surface area (TPSA) is 0 Å². The summed E-state index contributed by atoms with van der Waals surface area (Å²) in [7, 11) is 0. The van der Waals surface area contributed by atoms with Crippen LogP contribution in [0.25, 0.3) is 0 Å². The van der Waals surface area contributed by atoms with Crippen LogP contribution in [0.5, 0.6) is 0 Å². The lowest BCUT2D eigenvalue weighted by Crippen LogP contribution is -2.20. The highest BCUT2D eigenvalue weighted by molar-refractivity contribution is 5.51. The van der Waals surface area contributed by atoms with Crippen molar-refractivity contribution in [2.75, 3.05) is 0 Å². The van der Waals surface area contributed by atoms with Crippen LogP contribution in [0.2, 0.25) is 0 Å². The molecule has 0 aliphatic rings. The van der Waals surface area contributed by atoms with Gasteiger partial charge < -0.3 is 0 Å². The first-order chi connectivity index (χ1) is 12.8. The molecule has 0 saturated heterocycles. The molecule has 3 rings (SSSR count). The first kappa shape index (κ1) is 19.4. The maximum absolute atomic E-state index is 2.40. The minimum Gasteiger partial charge on any atom is -0.0622 e. The van der Waals surface area contributed by atoms with Gasteiger partial charge in [-0.25, -0.2) is 0 Å². The van der Waals surface area contributed by atoms with Crippen molar-refractivity contribution in [1.29, 1.82) is 0 Å². The molecule has 3 aromatic rings. The molecule has 0 bridgehead atoms. The van der Waals surface area contributed by atoms with Crippen LogP contribution in [-0.4, -0.2) is 0 Å². The van der Waals surface area contributed by atoms with Crippen LogP contribution in [0.4, 0.5) is 0 Å². The van der Waals surface area contributed by atoms with Gasteiger partial charge in [-0.05, 0) is 40.2 Å². The van der Waals surface area contributed by atoms with E-state index in [1.807, 2.05) is 0 Å². The van der Waals surface area contributed by atoms with Crippen molar-refractivity contribution in [2.45, 2.75) is 58.8 Å². The molecular formula is C27H32. The van der Waals surface area contributed by atoms with Crippen LogP contribution in [0.3, 0.4) is 0 Å². The molecule has 0 aromatic heterocycles. The molecule has 0 spiro atoms. The first-order valence-corrected chi connectivity index (χ1v) is 10.0. The van der Waals surface area contributed by atoms with Crippen LogP contribution in [0, 0.1) is 6.92 Å². The van der Waals surface area contributed by atoms with Gasteiger partial charge in [-0.1, -0.05) is 113 Å². The lowest BCUT2D eigenvalue weighted by atomic mass is 9.72. The highest BCUT2D eigenvalue weighted by Gasteiger charge is 2.27. The summed E-state index contributed by atoms with van der Waals surface area (Å²) in [5, 5.41) is 0. The van der Waals surface area contributed by atoms with Gasteiger partial charge in [-0.2, -0.15) is 0 Å². The van der Waals surface area contributed by atoms with Gasteiger partial charge in [0, 0.05) is 11.8 Å². The third-order valence-electron chi connectivity index (χ3n) is 5.63.